The number of pyridine rings is 1. The van der Waals surface area contributed by atoms with E-state index >= 15 is 0 Å². The molecule has 0 unspecified atom stereocenters. The second-order valence-electron chi connectivity index (χ2n) is 9.35. The minimum Gasteiger partial charge on any atom is -0.351 e. The van der Waals surface area contributed by atoms with Gasteiger partial charge in [-0.3, -0.25) is 4.98 Å². The van der Waals surface area contributed by atoms with Crippen molar-refractivity contribution in [3.63, 3.8) is 0 Å². The van der Waals surface area contributed by atoms with Crippen molar-refractivity contribution < 1.29 is 21.6 Å². The molecule has 37 heavy (non-hydrogen) atoms. The maximum absolute atomic E-state index is 13.8. The van der Waals surface area contributed by atoms with Crippen LogP contribution in [0.15, 0.2) is 30.9 Å². The summed E-state index contributed by atoms with van der Waals surface area (Å²) in [6.45, 7) is 3.12. The number of anilines is 1. The van der Waals surface area contributed by atoms with E-state index in [1.165, 1.54) is 16.8 Å². The molecule has 1 fully saturated rings. The van der Waals surface area contributed by atoms with Crippen LogP contribution < -0.4 is 5.32 Å². The van der Waals surface area contributed by atoms with Gasteiger partial charge in [-0.05, 0) is 46.0 Å². The Bertz CT molecular complexity index is 1370. The minimum absolute atomic E-state index is 0.0289. The second kappa shape index (κ2) is 10.3. The van der Waals surface area contributed by atoms with Gasteiger partial charge in [0.05, 0.1) is 23.3 Å². The summed E-state index contributed by atoms with van der Waals surface area (Å²) in [6, 6.07) is 3.55. The first-order chi connectivity index (χ1) is 17.3. The topological polar surface area (TPSA) is 109 Å². The molecule has 14 heteroatoms. The van der Waals surface area contributed by atoms with E-state index in [1.54, 1.807) is 4.57 Å². The Morgan fingerprint density at radius 1 is 1.14 bits per heavy atom. The molecule has 3 aromatic heterocycles. The highest BCUT2D eigenvalue weighted by atomic mass is 32.2. The summed E-state index contributed by atoms with van der Waals surface area (Å²) in [7, 11) is 0.592. The number of nitrogens with one attached hydrogen (secondary N) is 1. The molecule has 0 radical (unpaired) electrons. The summed E-state index contributed by atoms with van der Waals surface area (Å²) in [5, 5.41) is 3.05. The zero-order chi connectivity index (χ0) is 27.0. The third-order valence-electron chi connectivity index (χ3n) is 6.05. The molecule has 0 aromatic carbocycles. The lowest BCUT2D eigenvalue weighted by atomic mass is 10.1. The first kappa shape index (κ1) is 26.9. The van der Waals surface area contributed by atoms with Gasteiger partial charge in [0.2, 0.25) is 16.0 Å². The smallest absolute Gasteiger partial charge is 0.351 e. The number of hydrogen-bond acceptors (Lipinski definition) is 8. The molecule has 0 aliphatic carbocycles. The van der Waals surface area contributed by atoms with Crippen LogP contribution in [-0.4, -0.2) is 81.6 Å². The largest absolute Gasteiger partial charge is 0.420 e. The van der Waals surface area contributed by atoms with E-state index in [1.807, 2.05) is 38.1 Å². The Balaban J connectivity index is 1.60. The van der Waals surface area contributed by atoms with E-state index in [0.29, 0.717) is 43.9 Å². The molecule has 4 rings (SSSR count). The lowest BCUT2D eigenvalue weighted by molar-refractivity contribution is -0.137. The summed E-state index contributed by atoms with van der Waals surface area (Å²) in [6.07, 6.45) is 1.11. The molecule has 1 N–H and O–H groups in total. The first-order valence-corrected chi connectivity index (χ1v) is 13.5. The fraction of sp³-hybridized carbons (Fsp3) is 0.478. The van der Waals surface area contributed by atoms with Crippen LogP contribution in [0.2, 0.25) is 0 Å². The Kier molecular flexibility index (Phi) is 7.53. The zero-order valence-electron chi connectivity index (χ0n) is 21.0. The highest BCUT2D eigenvalue weighted by Crippen LogP contribution is 2.36. The number of sulfonamides is 1. The van der Waals surface area contributed by atoms with Gasteiger partial charge in [0, 0.05) is 38.1 Å². The average Bonchev–Trinajstić information content (AvgIpc) is 3.27. The molecule has 0 saturated carbocycles. The summed E-state index contributed by atoms with van der Waals surface area (Å²) in [5.74, 6) is 0.0289. The number of hydrogen-bond donors (Lipinski definition) is 1. The number of nitrogens with zero attached hydrogens (tertiary/aromatic N) is 7. The van der Waals surface area contributed by atoms with Crippen LogP contribution in [0.25, 0.3) is 17.1 Å². The van der Waals surface area contributed by atoms with Crippen LogP contribution in [0.3, 0.4) is 0 Å². The van der Waals surface area contributed by atoms with Gasteiger partial charge < -0.3 is 14.8 Å². The van der Waals surface area contributed by atoms with Crippen molar-refractivity contribution in [1.82, 2.24) is 33.7 Å². The highest BCUT2D eigenvalue weighted by Gasteiger charge is 2.36. The molecular formula is C23H29F3N8O2S. The summed E-state index contributed by atoms with van der Waals surface area (Å²) in [4.78, 5) is 18.8. The van der Waals surface area contributed by atoms with E-state index in [2.05, 4.69) is 25.3 Å². The van der Waals surface area contributed by atoms with E-state index in [9.17, 15) is 21.6 Å². The molecule has 3 aromatic rings. The van der Waals surface area contributed by atoms with Gasteiger partial charge in [-0.15, -0.1) is 0 Å². The van der Waals surface area contributed by atoms with Crippen molar-refractivity contribution in [2.75, 3.05) is 38.8 Å². The highest BCUT2D eigenvalue weighted by molar-refractivity contribution is 7.88. The Morgan fingerprint density at radius 2 is 1.84 bits per heavy atom. The SMILES string of the molecule is Cc1nc(CN(C)C)ccc1-n1cnc(-c2nc(NC3CCN(S(C)(=O)=O)CC3)ncc2C(F)(F)F)c1. The van der Waals surface area contributed by atoms with Crippen LogP contribution >= 0.6 is 0 Å². The zero-order valence-corrected chi connectivity index (χ0v) is 21.8. The predicted octanol–water partition coefficient (Wildman–Crippen LogP) is 2.95. The van der Waals surface area contributed by atoms with Crippen LogP contribution in [0.4, 0.5) is 19.1 Å². The van der Waals surface area contributed by atoms with Crippen LogP contribution in [0, 0.1) is 6.92 Å². The van der Waals surface area contributed by atoms with Gasteiger partial charge in [0.15, 0.2) is 0 Å². The van der Waals surface area contributed by atoms with Crippen LogP contribution in [0.5, 0.6) is 0 Å². The maximum Gasteiger partial charge on any atom is 0.420 e. The van der Waals surface area contributed by atoms with Gasteiger partial charge in [-0.2, -0.15) is 13.2 Å². The van der Waals surface area contributed by atoms with Crippen LogP contribution in [-0.2, 0) is 22.7 Å². The van der Waals surface area contributed by atoms with Crippen molar-refractivity contribution in [2.24, 2.45) is 0 Å². The fourth-order valence-electron chi connectivity index (χ4n) is 4.24. The van der Waals surface area contributed by atoms with E-state index in [0.717, 1.165) is 18.1 Å². The molecule has 1 aliphatic heterocycles. The molecule has 200 valence electrons. The summed E-state index contributed by atoms with van der Waals surface area (Å²) < 4.78 is 67.9. The molecule has 0 amide bonds. The number of imidazole rings is 1. The van der Waals surface area contributed by atoms with Crippen molar-refractivity contribution >= 4 is 16.0 Å². The van der Waals surface area contributed by atoms with Gasteiger partial charge in [-0.25, -0.2) is 27.7 Å². The number of rotatable bonds is 7. The predicted molar refractivity (Wildman–Crippen MR) is 133 cm³/mol. The number of halogens is 3. The van der Waals surface area contributed by atoms with E-state index in [-0.39, 0.29) is 23.4 Å². The quantitative estimate of drug-likeness (QED) is 0.489. The second-order valence-corrected chi connectivity index (χ2v) is 11.3. The Hall–Kier alpha value is -3.10. The lowest BCUT2D eigenvalue weighted by Crippen LogP contribution is -2.42. The molecule has 10 nitrogen and oxygen atoms in total. The van der Waals surface area contributed by atoms with E-state index in [4.69, 9.17) is 0 Å². The minimum atomic E-state index is -4.68. The first-order valence-electron chi connectivity index (χ1n) is 11.6. The number of aromatic nitrogens is 5. The van der Waals surface area contributed by atoms with Crippen molar-refractivity contribution in [3.8, 4) is 17.1 Å². The third kappa shape index (κ3) is 6.43. The van der Waals surface area contributed by atoms with Gasteiger partial charge in [0.1, 0.15) is 23.3 Å². The normalized spacial score (nSPS) is 15.9. The average molecular weight is 539 g/mol. The molecule has 0 atom stereocenters. The number of aryl methyl sites for hydroxylation is 1. The standard InChI is InChI=1S/C23H29F3N8O2S/c1-15-20(6-5-17(29-15)12-32(2)3)33-13-19(28-14-33)21-18(23(24,25)26)11-27-22(31-21)30-16-7-9-34(10-8-16)37(4,35)36/h5-6,11,13-14,16H,7-10,12H2,1-4H3,(H,27,30,31). The van der Waals surface area contributed by atoms with E-state index < -0.39 is 21.8 Å². The molecular weight excluding hydrogens is 509 g/mol. The van der Waals surface area contributed by atoms with Crippen molar-refractivity contribution in [1.29, 1.82) is 0 Å². The molecule has 1 aliphatic rings. The fourth-order valence-corrected chi connectivity index (χ4v) is 5.11. The van der Waals surface area contributed by atoms with Gasteiger partial charge in [0.25, 0.3) is 0 Å². The molecule has 0 bridgehead atoms. The molecule has 0 spiro atoms. The number of alkyl halides is 3. The van der Waals surface area contributed by atoms with Crippen LogP contribution in [0.1, 0.15) is 29.8 Å². The molecule has 4 heterocycles. The monoisotopic (exact) mass is 538 g/mol. The lowest BCUT2D eigenvalue weighted by Gasteiger charge is -2.30. The van der Waals surface area contributed by atoms with Crippen molar-refractivity contribution in [3.05, 3.63) is 47.8 Å². The summed E-state index contributed by atoms with van der Waals surface area (Å²) >= 11 is 0. The third-order valence-corrected chi connectivity index (χ3v) is 7.35. The molecule has 1 saturated heterocycles. The van der Waals surface area contributed by atoms with Gasteiger partial charge in [-0.1, -0.05) is 0 Å². The Labute approximate surface area is 213 Å². The maximum atomic E-state index is 13.8. The Morgan fingerprint density at radius 3 is 2.43 bits per heavy atom. The van der Waals surface area contributed by atoms with Crippen molar-refractivity contribution in [2.45, 2.75) is 38.5 Å². The summed E-state index contributed by atoms with van der Waals surface area (Å²) in [5.41, 5.74) is 0.990. The number of piperidine rings is 1. The van der Waals surface area contributed by atoms with Gasteiger partial charge >= 0.3 is 6.18 Å².